The Bertz CT molecular complexity index is 862. The number of hydrogen-bond acceptors (Lipinski definition) is 5. The molecular formula is C24H33N4OZn-. The van der Waals surface area contributed by atoms with Gasteiger partial charge in [0, 0.05) is 12.4 Å². The zero-order chi connectivity index (χ0) is 21.7. The average molecular weight is 459 g/mol. The van der Waals surface area contributed by atoms with Crippen molar-refractivity contribution in [2.45, 2.75) is 76.4 Å². The molecule has 2 aliphatic rings. The molecule has 4 N–H and O–H groups in total. The quantitative estimate of drug-likeness (QED) is 0.530. The van der Waals surface area contributed by atoms with E-state index in [4.69, 9.17) is 16.2 Å². The molecule has 1 heterocycles. The van der Waals surface area contributed by atoms with E-state index in [2.05, 4.69) is 47.3 Å². The monoisotopic (exact) mass is 457 g/mol. The van der Waals surface area contributed by atoms with Crippen molar-refractivity contribution in [3.05, 3.63) is 41.3 Å². The van der Waals surface area contributed by atoms with Gasteiger partial charge in [-0.15, -0.1) is 5.56 Å². The predicted octanol–water partition coefficient (Wildman–Crippen LogP) is 3.28. The van der Waals surface area contributed by atoms with Crippen LogP contribution >= 0.6 is 0 Å². The zero-order valence-corrected chi connectivity index (χ0v) is 21.4. The van der Waals surface area contributed by atoms with Gasteiger partial charge in [-0.25, -0.2) is 0 Å². The van der Waals surface area contributed by atoms with E-state index < -0.39 is 0 Å². The molecular weight excluding hydrogens is 426 g/mol. The topological polar surface area (TPSA) is 87.0 Å². The van der Waals surface area contributed by atoms with E-state index in [9.17, 15) is 0 Å². The van der Waals surface area contributed by atoms with Gasteiger partial charge in [-0.05, 0) is 79.8 Å². The van der Waals surface area contributed by atoms with Gasteiger partial charge < -0.3 is 26.2 Å². The SMILES string of the molecule is CC1(C)Cc2c(ccc(OC3CCC(N)CC3)c2CCCN)-c2ncn[c-]c21.[CH2]=[Zn]. The van der Waals surface area contributed by atoms with E-state index in [0.717, 1.165) is 79.8 Å². The van der Waals surface area contributed by atoms with Crippen LogP contribution in [0.5, 0.6) is 5.75 Å². The third-order valence-corrected chi connectivity index (χ3v) is 6.24. The van der Waals surface area contributed by atoms with Crippen LogP contribution in [-0.4, -0.2) is 33.8 Å². The summed E-state index contributed by atoms with van der Waals surface area (Å²) in [6, 6.07) is 4.62. The van der Waals surface area contributed by atoms with Crippen molar-refractivity contribution in [2.24, 2.45) is 11.5 Å². The fourth-order valence-electron chi connectivity index (χ4n) is 4.65. The Labute approximate surface area is 190 Å². The third-order valence-electron chi connectivity index (χ3n) is 6.24. The molecule has 158 valence electrons. The molecule has 1 saturated carbocycles. The van der Waals surface area contributed by atoms with Crippen LogP contribution in [-0.2, 0) is 36.1 Å². The minimum absolute atomic E-state index is 0.0582. The zero-order valence-electron chi connectivity index (χ0n) is 18.4. The van der Waals surface area contributed by atoms with Crippen LogP contribution in [0.3, 0.4) is 0 Å². The van der Waals surface area contributed by atoms with Crippen LogP contribution < -0.4 is 16.2 Å². The molecule has 6 heteroatoms. The molecule has 1 aromatic heterocycles. The molecule has 0 amide bonds. The van der Waals surface area contributed by atoms with Crippen molar-refractivity contribution in [2.75, 3.05) is 6.54 Å². The summed E-state index contributed by atoms with van der Waals surface area (Å²) in [6.45, 7) is 5.17. The second-order valence-corrected chi connectivity index (χ2v) is 8.88. The fraction of sp³-hybridized carbons (Fsp3) is 0.542. The summed E-state index contributed by atoms with van der Waals surface area (Å²) in [5.74, 6) is 1.02. The molecule has 0 saturated heterocycles. The normalized spacial score (nSPS) is 21.7. The third kappa shape index (κ3) is 4.87. The number of nitrogens with two attached hydrogens (primary N) is 2. The molecule has 30 heavy (non-hydrogen) atoms. The molecule has 5 nitrogen and oxygen atoms in total. The van der Waals surface area contributed by atoms with Crippen LogP contribution in [0.1, 0.15) is 62.6 Å². The van der Waals surface area contributed by atoms with Gasteiger partial charge in [0.2, 0.25) is 0 Å². The average Bonchev–Trinajstić information content (AvgIpc) is 2.76. The fourth-order valence-corrected chi connectivity index (χ4v) is 4.65. The van der Waals surface area contributed by atoms with Crippen LogP contribution in [0.4, 0.5) is 0 Å². The van der Waals surface area contributed by atoms with Crippen molar-refractivity contribution >= 4 is 5.11 Å². The van der Waals surface area contributed by atoms with Gasteiger partial charge in [-0.2, -0.15) is 0 Å². The predicted molar refractivity (Wildman–Crippen MR) is 118 cm³/mol. The van der Waals surface area contributed by atoms with Crippen molar-refractivity contribution in [1.29, 1.82) is 0 Å². The van der Waals surface area contributed by atoms with Gasteiger partial charge in [0.1, 0.15) is 5.75 Å². The molecule has 1 fully saturated rings. The number of hydrogen-bond donors (Lipinski definition) is 2. The first-order valence-corrected chi connectivity index (χ1v) is 13.1. The van der Waals surface area contributed by atoms with E-state index in [-0.39, 0.29) is 11.5 Å². The van der Waals surface area contributed by atoms with Gasteiger partial charge in [-0.1, -0.05) is 31.7 Å². The molecule has 0 atom stereocenters. The molecule has 2 aromatic rings. The summed E-state index contributed by atoms with van der Waals surface area (Å²) in [5, 5.41) is 3.38. The second-order valence-electron chi connectivity index (χ2n) is 8.88. The standard InChI is InChI=1S/C23H31N4O.CH2.Zn/c1-23(2)12-19-17(4-3-11-24)21(28-16-7-5-15(25)6-8-16)10-9-18(19)22-20(23)13-26-14-27-22;;/h9-10,14-16H,3-8,11-12,24-25H2,1-2H3;1H2;/q-1;;. The Balaban J connectivity index is 0.00000124. The van der Waals surface area contributed by atoms with Gasteiger partial charge >= 0.3 is 23.0 Å². The van der Waals surface area contributed by atoms with Crippen LogP contribution in [0, 0.1) is 6.20 Å². The van der Waals surface area contributed by atoms with Crippen LogP contribution in [0.2, 0.25) is 0 Å². The van der Waals surface area contributed by atoms with Crippen molar-refractivity contribution in [3.63, 3.8) is 0 Å². The first kappa shape index (κ1) is 23.2. The Kier molecular flexibility index (Phi) is 7.89. The van der Waals surface area contributed by atoms with E-state index in [0.29, 0.717) is 12.6 Å². The maximum absolute atomic E-state index is 6.52. The summed E-state index contributed by atoms with van der Waals surface area (Å²) in [4.78, 5) is 8.76. The van der Waals surface area contributed by atoms with Crippen molar-refractivity contribution in [1.82, 2.24) is 9.97 Å². The Morgan fingerprint density at radius 3 is 2.67 bits per heavy atom. The molecule has 4 rings (SSSR count). The Morgan fingerprint density at radius 1 is 1.23 bits per heavy atom. The summed E-state index contributed by atoms with van der Waals surface area (Å²) in [5.41, 5.74) is 17.8. The molecule has 0 spiro atoms. The van der Waals surface area contributed by atoms with Crippen LogP contribution in [0.25, 0.3) is 11.3 Å². The summed E-state index contributed by atoms with van der Waals surface area (Å²) in [7, 11) is 0. The first-order chi connectivity index (χ1) is 14.5. The maximum atomic E-state index is 6.52. The van der Waals surface area contributed by atoms with Gasteiger partial charge in [0.25, 0.3) is 0 Å². The summed E-state index contributed by atoms with van der Waals surface area (Å²) in [6.07, 6.45) is 12.0. The number of fused-ring (bicyclic) bond motifs is 3. The van der Waals surface area contributed by atoms with Crippen molar-refractivity contribution < 1.29 is 22.6 Å². The molecule has 0 aliphatic heterocycles. The van der Waals surface area contributed by atoms with Crippen LogP contribution in [0.15, 0.2) is 18.5 Å². The molecule has 1 aromatic carbocycles. The summed E-state index contributed by atoms with van der Waals surface area (Å²) < 4.78 is 6.52. The second kappa shape index (κ2) is 10.2. The van der Waals surface area contributed by atoms with Gasteiger partial charge in [0.15, 0.2) is 0 Å². The van der Waals surface area contributed by atoms with E-state index in [1.54, 1.807) is 6.33 Å². The van der Waals surface area contributed by atoms with Crippen molar-refractivity contribution in [3.8, 4) is 17.0 Å². The van der Waals surface area contributed by atoms with E-state index in [1.165, 1.54) is 16.7 Å². The number of ether oxygens (including phenoxy) is 1. The van der Waals surface area contributed by atoms with Gasteiger partial charge in [0.05, 0.1) is 6.10 Å². The first-order valence-electron chi connectivity index (χ1n) is 11.0. The van der Waals surface area contributed by atoms with Gasteiger partial charge in [-0.3, -0.25) is 0 Å². The molecule has 0 radical (unpaired) electrons. The number of aromatic nitrogens is 2. The number of benzene rings is 1. The number of nitrogens with zero attached hydrogens (tertiary/aromatic N) is 2. The number of rotatable bonds is 5. The summed E-state index contributed by atoms with van der Waals surface area (Å²) >= 11 is 1.12. The van der Waals surface area contributed by atoms with E-state index in [1.807, 2.05) is 0 Å². The molecule has 0 bridgehead atoms. The Morgan fingerprint density at radius 2 is 1.97 bits per heavy atom. The molecule has 0 unspecified atom stereocenters. The minimum atomic E-state index is -0.0582. The van der Waals surface area contributed by atoms with E-state index >= 15 is 0 Å². The molecule has 2 aliphatic carbocycles. The Hall–Kier alpha value is -1.49.